The maximum Gasteiger partial charge on any atom is 0.401 e. The summed E-state index contributed by atoms with van der Waals surface area (Å²) >= 11 is 0. The molecule has 11 heavy (non-hydrogen) atoms. The van der Waals surface area contributed by atoms with Crippen molar-refractivity contribution in [2.45, 2.75) is 18.6 Å². The van der Waals surface area contributed by atoms with Gasteiger partial charge in [-0.2, -0.15) is 18.4 Å². The first-order chi connectivity index (χ1) is 5.03. The Morgan fingerprint density at radius 2 is 2.18 bits per heavy atom. The first-order valence-corrected chi connectivity index (χ1v) is 3.23. The van der Waals surface area contributed by atoms with E-state index >= 15 is 0 Å². The first kappa shape index (κ1) is 8.34. The second-order valence-electron chi connectivity index (χ2n) is 2.52. The number of halogens is 3. The molecule has 1 fully saturated rings. The lowest BCUT2D eigenvalue weighted by molar-refractivity contribution is -0.157. The van der Waals surface area contributed by atoms with Crippen LogP contribution in [0.5, 0.6) is 0 Å². The summed E-state index contributed by atoms with van der Waals surface area (Å²) in [5, 5.41) is 8.29. The molecular formula is C6H7F3N2. The summed E-state index contributed by atoms with van der Waals surface area (Å²) in [4.78, 5) is 1.12. The van der Waals surface area contributed by atoms with Crippen LogP contribution < -0.4 is 0 Å². The third kappa shape index (κ3) is 2.09. The van der Waals surface area contributed by atoms with Crippen molar-refractivity contribution in [1.82, 2.24) is 4.90 Å². The van der Waals surface area contributed by atoms with Crippen LogP contribution in [0, 0.1) is 11.3 Å². The Labute approximate surface area is 62.2 Å². The third-order valence-electron chi connectivity index (χ3n) is 1.66. The smallest absolute Gasteiger partial charge is 0.279 e. The minimum absolute atomic E-state index is 0.387. The molecule has 2 nitrogen and oxygen atoms in total. The van der Waals surface area contributed by atoms with E-state index in [2.05, 4.69) is 0 Å². The highest BCUT2D eigenvalue weighted by molar-refractivity contribution is 4.99. The van der Waals surface area contributed by atoms with Crippen LogP contribution in [0.15, 0.2) is 0 Å². The van der Waals surface area contributed by atoms with Crippen molar-refractivity contribution in [2.75, 3.05) is 13.1 Å². The van der Waals surface area contributed by atoms with Gasteiger partial charge in [-0.1, -0.05) is 0 Å². The van der Waals surface area contributed by atoms with Crippen LogP contribution in [0.4, 0.5) is 13.2 Å². The summed E-state index contributed by atoms with van der Waals surface area (Å²) in [6.07, 6.45) is -3.61. The molecule has 0 aliphatic carbocycles. The third-order valence-corrected chi connectivity index (χ3v) is 1.66. The van der Waals surface area contributed by atoms with Crippen LogP contribution in [-0.2, 0) is 0 Å². The van der Waals surface area contributed by atoms with E-state index in [1.807, 2.05) is 0 Å². The summed E-state index contributed by atoms with van der Waals surface area (Å²) in [6, 6.07) is 1.28. The fourth-order valence-electron chi connectivity index (χ4n) is 1.01. The molecule has 0 aromatic rings. The molecule has 1 atom stereocenters. The van der Waals surface area contributed by atoms with Gasteiger partial charge in [0.05, 0.1) is 18.7 Å². The number of likely N-dealkylation sites (tertiary alicyclic amines) is 1. The highest BCUT2D eigenvalue weighted by Gasteiger charge is 2.38. The summed E-state index contributed by atoms with van der Waals surface area (Å²) in [5.74, 6) is 0. The molecule has 1 heterocycles. The van der Waals surface area contributed by atoms with E-state index in [1.54, 1.807) is 6.07 Å². The Morgan fingerprint density at radius 1 is 1.55 bits per heavy atom. The molecule has 1 saturated heterocycles. The van der Waals surface area contributed by atoms with Gasteiger partial charge in [0.25, 0.3) is 0 Å². The lowest BCUT2D eigenvalue weighted by Crippen LogP contribution is -2.50. The lowest BCUT2D eigenvalue weighted by atomic mass is 10.1. The maximum absolute atomic E-state index is 11.7. The van der Waals surface area contributed by atoms with Crippen molar-refractivity contribution < 1.29 is 13.2 Å². The highest BCUT2D eigenvalue weighted by Crippen LogP contribution is 2.23. The molecule has 62 valence electrons. The van der Waals surface area contributed by atoms with Crippen LogP contribution in [0.2, 0.25) is 0 Å². The fourth-order valence-corrected chi connectivity index (χ4v) is 1.01. The molecule has 0 amide bonds. The Kier molecular flexibility index (Phi) is 2.05. The van der Waals surface area contributed by atoms with Gasteiger partial charge < -0.3 is 0 Å². The largest absolute Gasteiger partial charge is 0.401 e. The Balaban J connectivity index is 2.35. The zero-order valence-corrected chi connectivity index (χ0v) is 5.73. The Morgan fingerprint density at radius 3 is 2.45 bits per heavy atom. The van der Waals surface area contributed by atoms with Crippen molar-refractivity contribution in [3.8, 4) is 6.07 Å². The van der Waals surface area contributed by atoms with Crippen molar-refractivity contribution in [1.29, 1.82) is 5.26 Å². The lowest BCUT2D eigenvalue weighted by Gasteiger charge is -2.36. The molecule has 0 saturated carbocycles. The van der Waals surface area contributed by atoms with Gasteiger partial charge >= 0.3 is 6.18 Å². The highest BCUT2D eigenvalue weighted by atomic mass is 19.4. The van der Waals surface area contributed by atoms with E-state index in [9.17, 15) is 13.2 Å². The van der Waals surface area contributed by atoms with Crippen LogP contribution in [0.3, 0.4) is 0 Å². The number of alkyl halides is 3. The van der Waals surface area contributed by atoms with Crippen molar-refractivity contribution in [2.24, 2.45) is 0 Å². The second-order valence-corrected chi connectivity index (χ2v) is 2.52. The summed E-state index contributed by atoms with van der Waals surface area (Å²) < 4.78 is 35.1. The zero-order chi connectivity index (χ0) is 8.48. The number of hydrogen-bond acceptors (Lipinski definition) is 2. The molecule has 1 rings (SSSR count). The van der Waals surface area contributed by atoms with Crippen LogP contribution >= 0.6 is 0 Å². The van der Waals surface area contributed by atoms with E-state index < -0.39 is 18.8 Å². The van der Waals surface area contributed by atoms with Gasteiger partial charge in [0.1, 0.15) is 0 Å². The minimum Gasteiger partial charge on any atom is -0.279 e. The van der Waals surface area contributed by atoms with Gasteiger partial charge in [-0.25, -0.2) is 0 Å². The molecule has 0 aromatic heterocycles. The van der Waals surface area contributed by atoms with Gasteiger partial charge in [0, 0.05) is 6.54 Å². The fraction of sp³-hybridized carbons (Fsp3) is 0.833. The molecule has 0 aromatic carbocycles. The second kappa shape index (κ2) is 2.70. The molecule has 0 radical (unpaired) electrons. The maximum atomic E-state index is 11.7. The van der Waals surface area contributed by atoms with Crippen LogP contribution in [0.25, 0.3) is 0 Å². The molecule has 1 unspecified atom stereocenters. The van der Waals surface area contributed by atoms with E-state index in [0.717, 1.165) is 4.90 Å². The quantitative estimate of drug-likeness (QED) is 0.581. The number of nitrogens with zero attached hydrogens (tertiary/aromatic N) is 2. The van der Waals surface area contributed by atoms with Crippen LogP contribution in [-0.4, -0.2) is 30.2 Å². The average molecular weight is 164 g/mol. The first-order valence-electron chi connectivity index (χ1n) is 3.23. The van der Waals surface area contributed by atoms with Gasteiger partial charge in [-0.05, 0) is 6.42 Å². The predicted molar refractivity (Wildman–Crippen MR) is 31.6 cm³/mol. The van der Waals surface area contributed by atoms with Gasteiger partial charge in [-0.3, -0.25) is 4.90 Å². The summed E-state index contributed by atoms with van der Waals surface area (Å²) in [5.41, 5.74) is 0. The number of hydrogen-bond donors (Lipinski definition) is 0. The monoisotopic (exact) mass is 164 g/mol. The summed E-state index contributed by atoms with van der Waals surface area (Å²) in [6.45, 7) is -0.567. The predicted octanol–water partition coefficient (Wildman–Crippen LogP) is 1.15. The average Bonchev–Trinajstić information content (AvgIpc) is 1.80. The number of nitriles is 1. The van der Waals surface area contributed by atoms with Crippen molar-refractivity contribution in [3.05, 3.63) is 0 Å². The normalized spacial score (nSPS) is 25.8. The molecule has 0 bridgehead atoms. The molecule has 5 heteroatoms. The Hall–Kier alpha value is -0.760. The molecule has 1 aliphatic rings. The SMILES string of the molecule is N#CC1CCN1CC(F)(F)F. The van der Waals surface area contributed by atoms with Crippen LogP contribution in [0.1, 0.15) is 6.42 Å². The molecule has 1 aliphatic heterocycles. The van der Waals surface area contributed by atoms with E-state index in [4.69, 9.17) is 5.26 Å². The van der Waals surface area contributed by atoms with E-state index in [1.165, 1.54) is 0 Å². The van der Waals surface area contributed by atoms with Crippen molar-refractivity contribution in [3.63, 3.8) is 0 Å². The van der Waals surface area contributed by atoms with E-state index in [-0.39, 0.29) is 0 Å². The topological polar surface area (TPSA) is 27.0 Å². The minimum atomic E-state index is -4.17. The molecular weight excluding hydrogens is 157 g/mol. The summed E-state index contributed by atoms with van der Waals surface area (Å²) in [7, 11) is 0. The molecule has 0 spiro atoms. The van der Waals surface area contributed by atoms with Crippen molar-refractivity contribution >= 4 is 0 Å². The Bertz CT molecular complexity index is 181. The zero-order valence-electron chi connectivity index (χ0n) is 5.73. The van der Waals surface area contributed by atoms with Gasteiger partial charge in [0.2, 0.25) is 0 Å². The van der Waals surface area contributed by atoms with E-state index in [0.29, 0.717) is 13.0 Å². The molecule has 0 N–H and O–H groups in total. The standard InChI is InChI=1S/C6H7F3N2/c7-6(8,9)4-11-2-1-5(11)3-10/h5H,1-2,4H2. The van der Waals surface area contributed by atoms with Gasteiger partial charge in [-0.15, -0.1) is 0 Å². The number of rotatable bonds is 1. The van der Waals surface area contributed by atoms with Gasteiger partial charge in [0.15, 0.2) is 0 Å².